The van der Waals surface area contributed by atoms with E-state index in [-0.39, 0.29) is 0 Å². The topological polar surface area (TPSA) is 75.4 Å². The number of rotatable bonds is 1. The molecular formula is C6H12N2O2. The Bertz CT molecular complexity index is 138. The van der Waals surface area contributed by atoms with Crippen LogP contribution in [-0.2, 0) is 4.79 Å². The van der Waals surface area contributed by atoms with Gasteiger partial charge >= 0.3 is 0 Å². The maximum Gasteiger partial charge on any atom is 0.237 e. The van der Waals surface area contributed by atoms with Crippen LogP contribution in [0.3, 0.4) is 0 Å². The Kier molecular flexibility index (Phi) is 2.24. The second kappa shape index (κ2) is 2.98. The third-order valence-electron chi connectivity index (χ3n) is 1.73. The number of carbonyl (C=O) groups is 1. The van der Waals surface area contributed by atoms with Crippen molar-refractivity contribution >= 4 is 5.91 Å². The Balaban J connectivity index is 2.47. The SMILES string of the molecule is NC(=O)[C@H]1NCCC[C@@H]1O. The number of carbonyl (C=O) groups excluding carboxylic acids is 1. The number of hydrogen-bond acceptors (Lipinski definition) is 3. The second-order valence-electron chi connectivity index (χ2n) is 2.54. The summed E-state index contributed by atoms with van der Waals surface area (Å²) < 4.78 is 0. The van der Waals surface area contributed by atoms with Crippen LogP contribution in [0.5, 0.6) is 0 Å². The first kappa shape index (κ1) is 7.50. The molecule has 1 aliphatic heterocycles. The normalized spacial score (nSPS) is 33.7. The van der Waals surface area contributed by atoms with E-state index in [1.54, 1.807) is 0 Å². The molecule has 1 heterocycles. The summed E-state index contributed by atoms with van der Waals surface area (Å²) in [4.78, 5) is 10.6. The zero-order valence-electron chi connectivity index (χ0n) is 5.71. The summed E-state index contributed by atoms with van der Waals surface area (Å²) in [5.41, 5.74) is 5.00. The third-order valence-corrected chi connectivity index (χ3v) is 1.73. The number of nitrogens with two attached hydrogens (primary N) is 1. The van der Waals surface area contributed by atoms with Gasteiger partial charge in [0.05, 0.1) is 6.10 Å². The highest BCUT2D eigenvalue weighted by Gasteiger charge is 2.26. The van der Waals surface area contributed by atoms with E-state index in [0.717, 1.165) is 13.0 Å². The Hall–Kier alpha value is -0.610. The number of aliphatic hydroxyl groups excluding tert-OH is 1. The standard InChI is InChI=1S/C6H12N2O2/c7-6(10)5-4(9)2-1-3-8-5/h4-5,8-9H,1-3H2,(H2,7,10)/t4-,5-/m0/s1. The molecule has 4 N–H and O–H groups in total. The largest absolute Gasteiger partial charge is 0.391 e. The van der Waals surface area contributed by atoms with Crippen molar-refractivity contribution in [1.82, 2.24) is 5.32 Å². The molecular weight excluding hydrogens is 132 g/mol. The van der Waals surface area contributed by atoms with Crippen LogP contribution >= 0.6 is 0 Å². The zero-order chi connectivity index (χ0) is 7.56. The fourth-order valence-electron chi connectivity index (χ4n) is 1.16. The van der Waals surface area contributed by atoms with Gasteiger partial charge in [-0.25, -0.2) is 0 Å². The molecule has 1 fully saturated rings. The molecule has 0 aliphatic carbocycles. The highest BCUT2D eigenvalue weighted by Crippen LogP contribution is 2.07. The summed E-state index contributed by atoms with van der Waals surface area (Å²) in [5, 5.41) is 12.0. The molecule has 1 saturated heterocycles. The van der Waals surface area contributed by atoms with E-state index in [1.807, 2.05) is 0 Å². The molecule has 0 radical (unpaired) electrons. The van der Waals surface area contributed by atoms with Gasteiger partial charge in [-0.1, -0.05) is 0 Å². The average Bonchev–Trinajstić information content (AvgIpc) is 1.88. The van der Waals surface area contributed by atoms with Crippen molar-refractivity contribution < 1.29 is 9.90 Å². The van der Waals surface area contributed by atoms with Crippen LogP contribution < -0.4 is 11.1 Å². The molecule has 0 aromatic heterocycles. The van der Waals surface area contributed by atoms with E-state index in [2.05, 4.69) is 5.32 Å². The molecule has 10 heavy (non-hydrogen) atoms. The van der Waals surface area contributed by atoms with Crippen LogP contribution in [0.25, 0.3) is 0 Å². The van der Waals surface area contributed by atoms with Crippen molar-refractivity contribution in [2.24, 2.45) is 5.73 Å². The monoisotopic (exact) mass is 144 g/mol. The summed E-state index contributed by atoms with van der Waals surface area (Å²) >= 11 is 0. The number of nitrogens with one attached hydrogen (secondary N) is 1. The van der Waals surface area contributed by atoms with Gasteiger partial charge in [-0.3, -0.25) is 4.79 Å². The quantitative estimate of drug-likeness (QED) is 0.423. The van der Waals surface area contributed by atoms with Crippen molar-refractivity contribution in [1.29, 1.82) is 0 Å². The Morgan fingerprint density at radius 1 is 1.70 bits per heavy atom. The number of amides is 1. The Morgan fingerprint density at radius 3 is 2.80 bits per heavy atom. The molecule has 4 heteroatoms. The molecule has 1 aliphatic rings. The molecule has 0 unspecified atom stereocenters. The molecule has 0 spiro atoms. The van der Waals surface area contributed by atoms with Crippen LogP contribution in [0.2, 0.25) is 0 Å². The number of piperidine rings is 1. The van der Waals surface area contributed by atoms with Crippen LogP contribution in [0.4, 0.5) is 0 Å². The van der Waals surface area contributed by atoms with Gasteiger partial charge in [0.1, 0.15) is 6.04 Å². The van der Waals surface area contributed by atoms with Gasteiger partial charge in [0.25, 0.3) is 0 Å². The first-order valence-corrected chi connectivity index (χ1v) is 3.42. The molecule has 58 valence electrons. The predicted octanol–water partition coefficient (Wildman–Crippen LogP) is -1.42. The lowest BCUT2D eigenvalue weighted by molar-refractivity contribution is -0.123. The Labute approximate surface area is 59.4 Å². The zero-order valence-corrected chi connectivity index (χ0v) is 5.71. The molecule has 0 bridgehead atoms. The Morgan fingerprint density at radius 2 is 2.40 bits per heavy atom. The molecule has 0 aromatic rings. The molecule has 4 nitrogen and oxygen atoms in total. The predicted molar refractivity (Wildman–Crippen MR) is 36.2 cm³/mol. The van der Waals surface area contributed by atoms with Crippen LogP contribution in [0, 0.1) is 0 Å². The molecule has 0 aromatic carbocycles. The molecule has 1 amide bonds. The fraction of sp³-hybridized carbons (Fsp3) is 0.833. The summed E-state index contributed by atoms with van der Waals surface area (Å²) in [6, 6.07) is -0.534. The summed E-state index contributed by atoms with van der Waals surface area (Å²) in [5.74, 6) is -0.466. The smallest absolute Gasteiger partial charge is 0.237 e. The maximum absolute atomic E-state index is 10.6. The van der Waals surface area contributed by atoms with Crippen molar-refractivity contribution in [3.8, 4) is 0 Å². The van der Waals surface area contributed by atoms with Crippen molar-refractivity contribution in [3.05, 3.63) is 0 Å². The maximum atomic E-state index is 10.6. The minimum absolute atomic E-state index is 0.466. The molecule has 1 rings (SSSR count). The van der Waals surface area contributed by atoms with E-state index in [1.165, 1.54) is 0 Å². The van der Waals surface area contributed by atoms with Crippen LogP contribution in [0.15, 0.2) is 0 Å². The van der Waals surface area contributed by atoms with E-state index < -0.39 is 18.1 Å². The van der Waals surface area contributed by atoms with Gasteiger partial charge in [-0.05, 0) is 19.4 Å². The lowest BCUT2D eigenvalue weighted by Crippen LogP contribution is -2.52. The summed E-state index contributed by atoms with van der Waals surface area (Å²) in [6.07, 6.45) is 0.984. The first-order chi connectivity index (χ1) is 4.72. The van der Waals surface area contributed by atoms with Crippen molar-refractivity contribution in [3.63, 3.8) is 0 Å². The van der Waals surface area contributed by atoms with Gasteiger partial charge in [0.2, 0.25) is 5.91 Å². The van der Waals surface area contributed by atoms with Crippen LogP contribution in [0.1, 0.15) is 12.8 Å². The highest BCUT2D eigenvalue weighted by molar-refractivity contribution is 5.80. The van der Waals surface area contributed by atoms with Crippen molar-refractivity contribution in [2.45, 2.75) is 25.0 Å². The summed E-state index contributed by atoms with van der Waals surface area (Å²) in [7, 11) is 0. The lowest BCUT2D eigenvalue weighted by atomic mass is 10.0. The fourth-order valence-corrected chi connectivity index (χ4v) is 1.16. The molecule has 0 saturated carbocycles. The van der Waals surface area contributed by atoms with E-state index in [4.69, 9.17) is 5.73 Å². The van der Waals surface area contributed by atoms with E-state index in [9.17, 15) is 9.90 Å². The number of primary amides is 1. The average molecular weight is 144 g/mol. The van der Waals surface area contributed by atoms with Gasteiger partial charge in [0.15, 0.2) is 0 Å². The summed E-state index contributed by atoms with van der Waals surface area (Å²) in [6.45, 7) is 0.769. The lowest BCUT2D eigenvalue weighted by Gasteiger charge is -2.25. The number of aliphatic hydroxyl groups is 1. The number of hydrogen-bond donors (Lipinski definition) is 3. The van der Waals surface area contributed by atoms with E-state index >= 15 is 0 Å². The first-order valence-electron chi connectivity index (χ1n) is 3.42. The van der Waals surface area contributed by atoms with Crippen molar-refractivity contribution in [2.75, 3.05) is 6.54 Å². The minimum atomic E-state index is -0.591. The van der Waals surface area contributed by atoms with Gasteiger partial charge in [-0.15, -0.1) is 0 Å². The van der Waals surface area contributed by atoms with Gasteiger partial charge in [0, 0.05) is 0 Å². The van der Waals surface area contributed by atoms with Crippen LogP contribution in [-0.4, -0.2) is 29.7 Å². The molecule has 2 atom stereocenters. The van der Waals surface area contributed by atoms with Gasteiger partial charge < -0.3 is 16.2 Å². The highest BCUT2D eigenvalue weighted by atomic mass is 16.3. The second-order valence-corrected chi connectivity index (χ2v) is 2.54. The van der Waals surface area contributed by atoms with Gasteiger partial charge in [-0.2, -0.15) is 0 Å². The minimum Gasteiger partial charge on any atom is -0.391 e. The third kappa shape index (κ3) is 1.46. The van der Waals surface area contributed by atoms with E-state index in [0.29, 0.717) is 6.42 Å².